The third-order valence-corrected chi connectivity index (χ3v) is 4.18. The number of rotatable bonds is 5. The van der Waals surface area contributed by atoms with E-state index in [1.807, 2.05) is 0 Å². The molecule has 0 radical (unpaired) electrons. The van der Waals surface area contributed by atoms with Crippen molar-refractivity contribution in [2.45, 2.75) is 6.92 Å². The molecular formula is C19H14FN7O2. The molecule has 0 aliphatic rings. The van der Waals surface area contributed by atoms with Gasteiger partial charge in [0.25, 0.3) is 5.69 Å². The summed E-state index contributed by atoms with van der Waals surface area (Å²) in [5, 5.41) is 20.1. The summed E-state index contributed by atoms with van der Waals surface area (Å²) in [6.07, 6.45) is 2.85. The van der Waals surface area contributed by atoms with Crippen molar-refractivity contribution in [2.24, 2.45) is 5.10 Å². The molecule has 0 aliphatic carbocycles. The molecule has 0 atom stereocenters. The molecular weight excluding hydrogens is 377 g/mol. The fourth-order valence-corrected chi connectivity index (χ4v) is 2.85. The SMILES string of the molecule is Cc1nn(-c2ccc([N+](=O)[O-])cc2)c2ncnc(N/N=C/c3cccc(F)c3)c12. The Hall–Kier alpha value is -4.21. The monoisotopic (exact) mass is 391 g/mol. The van der Waals surface area contributed by atoms with E-state index in [1.165, 1.54) is 36.8 Å². The zero-order chi connectivity index (χ0) is 20.4. The van der Waals surface area contributed by atoms with Crippen LogP contribution in [0.5, 0.6) is 0 Å². The molecule has 0 fully saturated rings. The van der Waals surface area contributed by atoms with E-state index in [4.69, 9.17) is 0 Å². The van der Waals surface area contributed by atoms with Crippen LogP contribution < -0.4 is 5.43 Å². The van der Waals surface area contributed by atoms with E-state index in [2.05, 4.69) is 25.6 Å². The van der Waals surface area contributed by atoms with E-state index in [9.17, 15) is 14.5 Å². The summed E-state index contributed by atoms with van der Waals surface area (Å²) in [4.78, 5) is 18.9. The quantitative estimate of drug-likeness (QED) is 0.316. The Morgan fingerprint density at radius 3 is 2.72 bits per heavy atom. The predicted molar refractivity (Wildman–Crippen MR) is 106 cm³/mol. The highest BCUT2D eigenvalue weighted by molar-refractivity contribution is 5.90. The number of hydrogen-bond acceptors (Lipinski definition) is 7. The largest absolute Gasteiger partial charge is 0.269 e. The summed E-state index contributed by atoms with van der Waals surface area (Å²) >= 11 is 0. The highest BCUT2D eigenvalue weighted by Gasteiger charge is 2.15. The zero-order valence-corrected chi connectivity index (χ0v) is 15.2. The van der Waals surface area contributed by atoms with E-state index < -0.39 is 4.92 Å². The van der Waals surface area contributed by atoms with Gasteiger partial charge in [-0.25, -0.2) is 19.0 Å². The number of benzene rings is 2. The maximum Gasteiger partial charge on any atom is 0.269 e. The van der Waals surface area contributed by atoms with Gasteiger partial charge in [0.2, 0.25) is 0 Å². The number of aryl methyl sites for hydroxylation is 1. The maximum atomic E-state index is 13.3. The molecule has 2 aromatic heterocycles. The molecule has 0 saturated heterocycles. The molecule has 0 saturated carbocycles. The van der Waals surface area contributed by atoms with Gasteiger partial charge in [0.05, 0.1) is 27.9 Å². The minimum Gasteiger partial charge on any atom is -0.261 e. The Bertz CT molecular complexity index is 1240. The predicted octanol–water partition coefficient (Wildman–Crippen LogP) is 3.62. The van der Waals surface area contributed by atoms with Gasteiger partial charge >= 0.3 is 0 Å². The van der Waals surface area contributed by atoms with Gasteiger partial charge in [-0.2, -0.15) is 10.2 Å². The third kappa shape index (κ3) is 3.63. The number of hydrogen-bond donors (Lipinski definition) is 1. The summed E-state index contributed by atoms with van der Waals surface area (Å²) in [5.74, 6) is 0.0897. The molecule has 2 aromatic carbocycles. The van der Waals surface area contributed by atoms with E-state index >= 15 is 0 Å². The molecule has 4 aromatic rings. The van der Waals surface area contributed by atoms with Gasteiger partial charge in [0.1, 0.15) is 12.1 Å². The Labute approximate surface area is 163 Å². The van der Waals surface area contributed by atoms with Crippen molar-refractivity contribution >= 4 is 28.8 Å². The van der Waals surface area contributed by atoms with Gasteiger partial charge in [0.15, 0.2) is 11.5 Å². The number of nitrogens with one attached hydrogen (secondary N) is 1. The topological polar surface area (TPSA) is 111 Å². The first kappa shape index (κ1) is 18.2. The number of aromatic nitrogens is 4. The van der Waals surface area contributed by atoms with Crippen LogP contribution in [-0.2, 0) is 0 Å². The number of non-ortho nitro benzene ring substituents is 1. The Morgan fingerprint density at radius 1 is 1.21 bits per heavy atom. The summed E-state index contributed by atoms with van der Waals surface area (Å²) in [5.41, 5.74) is 5.23. The summed E-state index contributed by atoms with van der Waals surface area (Å²) < 4.78 is 14.8. The lowest BCUT2D eigenvalue weighted by Crippen LogP contribution is -2.00. The van der Waals surface area contributed by atoms with Gasteiger partial charge in [-0.05, 0) is 36.8 Å². The van der Waals surface area contributed by atoms with E-state index in [-0.39, 0.29) is 11.5 Å². The van der Waals surface area contributed by atoms with Gasteiger partial charge in [0, 0.05) is 12.1 Å². The molecule has 29 heavy (non-hydrogen) atoms. The fraction of sp³-hybridized carbons (Fsp3) is 0.0526. The van der Waals surface area contributed by atoms with Crippen LogP contribution in [0, 0.1) is 22.9 Å². The summed E-state index contributed by atoms with van der Waals surface area (Å²) in [6.45, 7) is 1.80. The number of nitro benzene ring substituents is 1. The first-order chi connectivity index (χ1) is 14.0. The number of hydrazone groups is 1. The van der Waals surface area contributed by atoms with Gasteiger partial charge in [-0.15, -0.1) is 0 Å². The van der Waals surface area contributed by atoms with Crippen LogP contribution in [0.2, 0.25) is 0 Å². The lowest BCUT2D eigenvalue weighted by atomic mass is 10.2. The summed E-state index contributed by atoms with van der Waals surface area (Å²) in [7, 11) is 0. The molecule has 0 aliphatic heterocycles. The Kier molecular flexibility index (Phi) is 4.65. The second-order valence-corrected chi connectivity index (χ2v) is 6.12. The molecule has 10 heteroatoms. The first-order valence-electron chi connectivity index (χ1n) is 8.53. The molecule has 4 rings (SSSR count). The fourth-order valence-electron chi connectivity index (χ4n) is 2.85. The molecule has 0 spiro atoms. The molecule has 0 bridgehead atoms. The van der Waals surface area contributed by atoms with Crippen molar-refractivity contribution in [3.63, 3.8) is 0 Å². The van der Waals surface area contributed by atoms with Gasteiger partial charge in [-0.1, -0.05) is 12.1 Å². The van der Waals surface area contributed by atoms with Gasteiger partial charge < -0.3 is 0 Å². The molecule has 2 heterocycles. The highest BCUT2D eigenvalue weighted by atomic mass is 19.1. The van der Waals surface area contributed by atoms with Crippen molar-refractivity contribution in [3.8, 4) is 5.69 Å². The molecule has 144 valence electrons. The molecule has 0 amide bonds. The number of nitrogens with zero attached hydrogens (tertiary/aromatic N) is 6. The van der Waals surface area contributed by atoms with Crippen LogP contribution in [0.4, 0.5) is 15.9 Å². The number of halogens is 1. The van der Waals surface area contributed by atoms with Gasteiger partial charge in [-0.3, -0.25) is 15.5 Å². The second-order valence-electron chi connectivity index (χ2n) is 6.12. The number of fused-ring (bicyclic) bond motifs is 1. The average Bonchev–Trinajstić information content (AvgIpc) is 3.06. The van der Waals surface area contributed by atoms with Crippen molar-refractivity contribution in [1.29, 1.82) is 0 Å². The zero-order valence-electron chi connectivity index (χ0n) is 15.2. The third-order valence-electron chi connectivity index (χ3n) is 4.18. The minimum absolute atomic E-state index is 0.00870. The average molecular weight is 391 g/mol. The lowest BCUT2D eigenvalue weighted by Gasteiger charge is -2.04. The van der Waals surface area contributed by atoms with Crippen LogP contribution in [-0.4, -0.2) is 30.9 Å². The Balaban J connectivity index is 1.68. The van der Waals surface area contributed by atoms with Crippen LogP contribution in [0.25, 0.3) is 16.7 Å². The standard InChI is InChI=1S/C19H14FN7O2/c1-12-17-18(24-23-10-13-3-2-4-14(20)9-13)21-11-22-19(17)26(25-12)15-5-7-16(8-6-15)27(28)29/h2-11H,1H3,(H,21,22,24)/b23-10+. The molecule has 9 nitrogen and oxygen atoms in total. The van der Waals surface area contributed by atoms with Crippen LogP contribution in [0.1, 0.15) is 11.3 Å². The smallest absolute Gasteiger partial charge is 0.261 e. The van der Waals surface area contributed by atoms with Crippen molar-refractivity contribution in [1.82, 2.24) is 19.7 Å². The van der Waals surface area contributed by atoms with Crippen molar-refractivity contribution in [3.05, 3.63) is 82.0 Å². The van der Waals surface area contributed by atoms with Crippen molar-refractivity contribution < 1.29 is 9.31 Å². The number of anilines is 1. The molecule has 0 unspecified atom stereocenters. The summed E-state index contributed by atoms with van der Waals surface area (Å²) in [6, 6.07) is 12.0. The Morgan fingerprint density at radius 2 is 2.00 bits per heavy atom. The number of nitro groups is 1. The normalized spacial score (nSPS) is 11.2. The van der Waals surface area contributed by atoms with Crippen LogP contribution >= 0.6 is 0 Å². The highest BCUT2D eigenvalue weighted by Crippen LogP contribution is 2.26. The minimum atomic E-state index is -0.461. The van der Waals surface area contributed by atoms with Crippen molar-refractivity contribution in [2.75, 3.05) is 5.43 Å². The maximum absolute atomic E-state index is 13.3. The lowest BCUT2D eigenvalue weighted by molar-refractivity contribution is -0.384. The van der Waals surface area contributed by atoms with E-state index in [1.54, 1.807) is 35.9 Å². The van der Waals surface area contributed by atoms with Crippen LogP contribution in [0.15, 0.2) is 60.0 Å². The van der Waals surface area contributed by atoms with Crippen LogP contribution in [0.3, 0.4) is 0 Å². The van der Waals surface area contributed by atoms with E-state index in [0.29, 0.717) is 33.8 Å². The second kappa shape index (κ2) is 7.43. The van der Waals surface area contributed by atoms with E-state index in [0.717, 1.165) is 0 Å². The molecule has 1 N–H and O–H groups in total. The first-order valence-corrected chi connectivity index (χ1v) is 8.53.